The maximum Gasteiger partial charge on any atom is 0.205 e. The van der Waals surface area contributed by atoms with Gasteiger partial charge in [-0.2, -0.15) is 0 Å². The first-order valence-corrected chi connectivity index (χ1v) is 5.78. The van der Waals surface area contributed by atoms with Crippen LogP contribution in [0.3, 0.4) is 0 Å². The molecular weight excluding hydrogens is 222 g/mol. The van der Waals surface area contributed by atoms with E-state index < -0.39 is 0 Å². The van der Waals surface area contributed by atoms with E-state index in [4.69, 9.17) is 11.6 Å². The average Bonchev–Trinajstić information content (AvgIpc) is 2.35. The first kappa shape index (κ1) is 12.8. The number of carbonyl (C=O) groups is 1. The molecule has 16 heavy (non-hydrogen) atoms. The topological polar surface area (TPSA) is 20.3 Å². The number of halogens is 1. The molecule has 0 bridgehead atoms. The molecule has 0 atom stereocenters. The van der Waals surface area contributed by atoms with Gasteiger partial charge in [-0.15, -0.1) is 0 Å². The molecule has 0 spiro atoms. The second-order valence-electron chi connectivity index (χ2n) is 3.39. The van der Waals surface area contributed by atoms with Crippen LogP contribution >= 0.6 is 11.6 Å². The van der Waals surface area contributed by atoms with Crippen molar-refractivity contribution in [2.24, 2.45) is 0 Å². The fraction of sp³-hybridized carbons (Fsp3) is 0.308. The molecule has 0 aromatic heterocycles. The fourth-order valence-electron chi connectivity index (χ4n) is 1.35. The van der Waals surface area contributed by atoms with Crippen LogP contribution in [-0.2, 0) is 0 Å². The lowest BCUT2D eigenvalue weighted by molar-refractivity contribution is 0.104. The first-order chi connectivity index (χ1) is 7.69. The van der Waals surface area contributed by atoms with Crippen LogP contribution in [0.1, 0.15) is 24.2 Å². The summed E-state index contributed by atoms with van der Waals surface area (Å²) in [6, 6.07) is 9.06. The lowest BCUT2D eigenvalue weighted by Crippen LogP contribution is -2.17. The zero-order chi connectivity index (χ0) is 12.0. The molecule has 0 heterocycles. The molecule has 3 heteroatoms. The third-order valence-corrected chi connectivity index (χ3v) is 2.63. The van der Waals surface area contributed by atoms with E-state index in [2.05, 4.69) is 0 Å². The molecule has 0 amide bonds. The number of allylic oxidation sites excluding steroid dienone is 1. The van der Waals surface area contributed by atoms with Gasteiger partial charge in [-0.3, -0.25) is 4.79 Å². The summed E-state index contributed by atoms with van der Waals surface area (Å²) in [5, 5.41) is 0.259. The van der Waals surface area contributed by atoms with Gasteiger partial charge in [-0.1, -0.05) is 41.9 Å². The highest BCUT2D eigenvalue weighted by atomic mass is 35.5. The predicted molar refractivity (Wildman–Crippen MR) is 67.6 cm³/mol. The lowest BCUT2D eigenvalue weighted by Gasteiger charge is -2.15. The number of nitrogens with zero attached hydrogens (tertiary/aromatic N) is 1. The van der Waals surface area contributed by atoms with Gasteiger partial charge in [0.25, 0.3) is 0 Å². The normalized spacial score (nSPS) is 11.3. The molecule has 1 rings (SSSR count). The standard InChI is InChI=1S/C13H16ClNO/c1-3-15(4-2)10-12(14)13(16)11-8-6-5-7-9-11/h5-10H,3-4H2,1-2H3/b12-10-. The molecule has 0 saturated heterocycles. The minimum atomic E-state index is -0.130. The molecule has 0 aliphatic carbocycles. The third kappa shape index (κ3) is 3.38. The molecule has 0 aliphatic rings. The zero-order valence-electron chi connectivity index (χ0n) is 9.61. The van der Waals surface area contributed by atoms with E-state index in [1.54, 1.807) is 18.3 Å². The number of hydrogen-bond acceptors (Lipinski definition) is 2. The quantitative estimate of drug-likeness (QED) is 0.579. The van der Waals surface area contributed by atoms with Gasteiger partial charge < -0.3 is 4.90 Å². The van der Waals surface area contributed by atoms with Crippen molar-refractivity contribution in [1.82, 2.24) is 4.90 Å². The van der Waals surface area contributed by atoms with E-state index >= 15 is 0 Å². The minimum absolute atomic E-state index is 0.130. The maximum absolute atomic E-state index is 11.9. The number of carbonyl (C=O) groups excluding carboxylic acids is 1. The number of ketones is 1. The van der Waals surface area contributed by atoms with Crippen LogP contribution in [0.4, 0.5) is 0 Å². The molecule has 0 saturated carbocycles. The number of rotatable bonds is 5. The summed E-state index contributed by atoms with van der Waals surface area (Å²) in [6.45, 7) is 5.73. The summed E-state index contributed by atoms with van der Waals surface area (Å²) < 4.78 is 0. The third-order valence-electron chi connectivity index (χ3n) is 2.36. The second kappa shape index (κ2) is 6.33. The maximum atomic E-state index is 11.9. The van der Waals surface area contributed by atoms with Gasteiger partial charge in [0.1, 0.15) is 5.03 Å². The van der Waals surface area contributed by atoms with Crippen LogP contribution in [0.5, 0.6) is 0 Å². The van der Waals surface area contributed by atoms with Gasteiger partial charge in [-0.25, -0.2) is 0 Å². The Morgan fingerprint density at radius 2 is 1.81 bits per heavy atom. The summed E-state index contributed by atoms with van der Waals surface area (Å²) >= 11 is 5.99. The van der Waals surface area contributed by atoms with E-state index in [-0.39, 0.29) is 10.8 Å². The van der Waals surface area contributed by atoms with Gasteiger partial charge in [0, 0.05) is 24.9 Å². The van der Waals surface area contributed by atoms with Crippen molar-refractivity contribution in [3.05, 3.63) is 47.1 Å². The van der Waals surface area contributed by atoms with Crippen molar-refractivity contribution in [2.45, 2.75) is 13.8 Å². The highest BCUT2D eigenvalue weighted by molar-refractivity contribution is 6.45. The SMILES string of the molecule is CCN(/C=C(\Cl)C(=O)c1ccccc1)CC. The number of Topliss-reactive ketones (excluding diaryl/α,β-unsaturated/α-hetero) is 1. The minimum Gasteiger partial charge on any atom is -0.377 e. The van der Waals surface area contributed by atoms with Crippen molar-refractivity contribution in [1.29, 1.82) is 0 Å². The zero-order valence-corrected chi connectivity index (χ0v) is 10.4. The Balaban J connectivity index is 2.82. The van der Waals surface area contributed by atoms with Gasteiger partial charge >= 0.3 is 0 Å². The Morgan fingerprint density at radius 3 is 2.31 bits per heavy atom. The van der Waals surface area contributed by atoms with Crippen LogP contribution < -0.4 is 0 Å². The van der Waals surface area contributed by atoms with Crippen molar-refractivity contribution < 1.29 is 4.79 Å². The van der Waals surface area contributed by atoms with Crippen LogP contribution in [0, 0.1) is 0 Å². The van der Waals surface area contributed by atoms with E-state index in [1.807, 2.05) is 36.9 Å². The highest BCUT2D eigenvalue weighted by Gasteiger charge is 2.10. The van der Waals surface area contributed by atoms with Crippen molar-refractivity contribution in [2.75, 3.05) is 13.1 Å². The molecule has 0 N–H and O–H groups in total. The molecule has 1 aromatic rings. The first-order valence-electron chi connectivity index (χ1n) is 5.40. The number of benzene rings is 1. The Morgan fingerprint density at radius 1 is 1.25 bits per heavy atom. The Labute approximate surface area is 102 Å². The molecule has 86 valence electrons. The van der Waals surface area contributed by atoms with Crippen molar-refractivity contribution in [3.63, 3.8) is 0 Å². The summed E-state index contributed by atoms with van der Waals surface area (Å²) in [7, 11) is 0. The van der Waals surface area contributed by atoms with E-state index in [9.17, 15) is 4.79 Å². The van der Waals surface area contributed by atoms with E-state index in [0.29, 0.717) is 5.56 Å². The van der Waals surface area contributed by atoms with Gasteiger partial charge in [0.15, 0.2) is 0 Å². The number of hydrogen-bond donors (Lipinski definition) is 0. The fourth-order valence-corrected chi connectivity index (χ4v) is 1.60. The average molecular weight is 238 g/mol. The summed E-state index contributed by atoms with van der Waals surface area (Å²) in [5.74, 6) is -0.130. The van der Waals surface area contributed by atoms with Gasteiger partial charge in [0.05, 0.1) is 0 Å². The van der Waals surface area contributed by atoms with Crippen molar-refractivity contribution >= 4 is 17.4 Å². The highest BCUT2D eigenvalue weighted by Crippen LogP contribution is 2.12. The van der Waals surface area contributed by atoms with Crippen LogP contribution in [0.25, 0.3) is 0 Å². The van der Waals surface area contributed by atoms with Crippen LogP contribution in [0.15, 0.2) is 41.6 Å². The molecule has 0 radical (unpaired) electrons. The summed E-state index contributed by atoms with van der Waals surface area (Å²) in [4.78, 5) is 13.9. The van der Waals surface area contributed by atoms with E-state index in [0.717, 1.165) is 13.1 Å². The van der Waals surface area contributed by atoms with E-state index in [1.165, 1.54) is 0 Å². The van der Waals surface area contributed by atoms with Crippen molar-refractivity contribution in [3.8, 4) is 0 Å². The lowest BCUT2D eigenvalue weighted by atomic mass is 10.1. The Bertz CT molecular complexity index is 369. The van der Waals surface area contributed by atoms with Crippen LogP contribution in [-0.4, -0.2) is 23.8 Å². The summed E-state index contributed by atoms with van der Waals surface area (Å²) in [6.07, 6.45) is 1.71. The van der Waals surface area contributed by atoms with Crippen LogP contribution in [0.2, 0.25) is 0 Å². The molecule has 0 unspecified atom stereocenters. The molecule has 1 aromatic carbocycles. The molecule has 0 aliphatic heterocycles. The molecule has 0 fully saturated rings. The Hall–Kier alpha value is -1.28. The molecular formula is C13H16ClNO. The van der Waals surface area contributed by atoms with Gasteiger partial charge in [-0.05, 0) is 13.8 Å². The predicted octanol–water partition coefficient (Wildman–Crippen LogP) is 3.29. The smallest absolute Gasteiger partial charge is 0.205 e. The summed E-state index contributed by atoms with van der Waals surface area (Å²) in [5.41, 5.74) is 0.621. The second-order valence-corrected chi connectivity index (χ2v) is 3.80. The van der Waals surface area contributed by atoms with Gasteiger partial charge in [0.2, 0.25) is 5.78 Å². The Kier molecular flexibility index (Phi) is 5.06. The largest absolute Gasteiger partial charge is 0.377 e. The molecule has 2 nitrogen and oxygen atoms in total. The monoisotopic (exact) mass is 237 g/mol.